The van der Waals surface area contributed by atoms with E-state index in [2.05, 4.69) is 14.9 Å². The Hall–Kier alpha value is -1.09. The first-order valence-corrected chi connectivity index (χ1v) is 7.05. The highest BCUT2D eigenvalue weighted by Crippen LogP contribution is 2.22. The van der Waals surface area contributed by atoms with Gasteiger partial charge in [0, 0.05) is 0 Å². The van der Waals surface area contributed by atoms with Gasteiger partial charge in [0.1, 0.15) is 10.7 Å². The summed E-state index contributed by atoms with van der Waals surface area (Å²) in [6, 6.07) is 4.56. The minimum Gasteiger partial charge on any atom is -0.320 e. The lowest BCUT2D eigenvalue weighted by molar-refractivity contribution is 0.102. The van der Waals surface area contributed by atoms with E-state index in [0.29, 0.717) is 26.2 Å². The van der Waals surface area contributed by atoms with Crippen molar-refractivity contribution in [2.75, 3.05) is 5.32 Å². The van der Waals surface area contributed by atoms with Gasteiger partial charge in [-0.05, 0) is 52.7 Å². The first kappa shape index (κ1) is 13.3. The Morgan fingerprint density at radius 2 is 2.33 bits per heavy atom. The van der Waals surface area contributed by atoms with Crippen LogP contribution in [0.1, 0.15) is 22.3 Å². The molecule has 18 heavy (non-hydrogen) atoms. The Kier molecular flexibility index (Phi) is 4.23. The predicted molar refractivity (Wildman–Crippen MR) is 76.4 cm³/mol. The number of hydrogen-bond donors (Lipinski definition) is 1. The molecule has 0 radical (unpaired) electrons. The quantitative estimate of drug-likeness (QED) is 0.837. The highest BCUT2D eigenvalue weighted by atomic mass is 127. The van der Waals surface area contributed by atoms with Crippen LogP contribution in [0.25, 0.3) is 0 Å². The van der Waals surface area contributed by atoms with Gasteiger partial charge in [-0.2, -0.15) is 0 Å². The van der Waals surface area contributed by atoms with Gasteiger partial charge < -0.3 is 5.32 Å². The SMILES string of the molecule is CCc1nnsc1C(=O)Nc1cccc(F)c1I. The minimum absolute atomic E-state index is 0.301. The third kappa shape index (κ3) is 2.66. The standard InChI is InChI=1S/C11H9FIN3OS/c1-2-7-10(18-16-15-7)11(17)14-8-5-3-4-6(12)9(8)13/h3-5H,2H2,1H3,(H,14,17). The highest BCUT2D eigenvalue weighted by molar-refractivity contribution is 14.1. The zero-order valence-corrected chi connectivity index (χ0v) is 12.4. The van der Waals surface area contributed by atoms with Crippen molar-refractivity contribution in [3.05, 3.63) is 38.2 Å². The van der Waals surface area contributed by atoms with E-state index in [0.717, 1.165) is 11.5 Å². The first-order chi connectivity index (χ1) is 8.63. The van der Waals surface area contributed by atoms with Crippen molar-refractivity contribution in [1.29, 1.82) is 0 Å². The second-order valence-electron chi connectivity index (χ2n) is 3.46. The summed E-state index contributed by atoms with van der Waals surface area (Å²) in [5.41, 5.74) is 1.11. The van der Waals surface area contributed by atoms with E-state index in [-0.39, 0.29) is 11.7 Å². The molecule has 1 aromatic heterocycles. The van der Waals surface area contributed by atoms with Crippen molar-refractivity contribution in [2.45, 2.75) is 13.3 Å². The number of nitrogens with zero attached hydrogens (tertiary/aromatic N) is 2. The molecule has 4 nitrogen and oxygen atoms in total. The number of aryl methyl sites for hydroxylation is 1. The number of hydrogen-bond acceptors (Lipinski definition) is 4. The van der Waals surface area contributed by atoms with Crippen molar-refractivity contribution in [2.24, 2.45) is 0 Å². The van der Waals surface area contributed by atoms with Crippen LogP contribution in [0.5, 0.6) is 0 Å². The lowest BCUT2D eigenvalue weighted by atomic mass is 10.2. The molecule has 0 saturated heterocycles. The topological polar surface area (TPSA) is 54.9 Å². The molecule has 0 atom stereocenters. The molecule has 1 aromatic carbocycles. The molecular formula is C11H9FIN3OS. The zero-order chi connectivity index (χ0) is 13.1. The second-order valence-corrected chi connectivity index (χ2v) is 5.29. The summed E-state index contributed by atoms with van der Waals surface area (Å²) in [5, 5.41) is 6.54. The number of carbonyl (C=O) groups excluding carboxylic acids is 1. The maximum atomic E-state index is 13.3. The minimum atomic E-state index is -0.355. The molecule has 0 fully saturated rings. The fourth-order valence-corrected chi connectivity index (χ4v) is 2.53. The molecule has 7 heteroatoms. The molecule has 0 aliphatic carbocycles. The molecule has 0 unspecified atom stereocenters. The average molecular weight is 377 g/mol. The molecule has 0 aliphatic heterocycles. The first-order valence-electron chi connectivity index (χ1n) is 5.20. The van der Waals surface area contributed by atoms with Crippen LogP contribution < -0.4 is 5.32 Å². The van der Waals surface area contributed by atoms with Crippen LogP contribution in [0.15, 0.2) is 18.2 Å². The van der Waals surface area contributed by atoms with Crippen LogP contribution in [0.3, 0.4) is 0 Å². The lowest BCUT2D eigenvalue weighted by Gasteiger charge is -2.06. The van der Waals surface area contributed by atoms with Crippen molar-refractivity contribution in [3.8, 4) is 0 Å². The normalized spacial score (nSPS) is 10.4. The molecular weight excluding hydrogens is 368 g/mol. The summed E-state index contributed by atoms with van der Waals surface area (Å²) in [5.74, 6) is -0.656. The van der Waals surface area contributed by atoms with E-state index in [1.54, 1.807) is 12.1 Å². The van der Waals surface area contributed by atoms with Crippen LogP contribution in [-0.4, -0.2) is 15.5 Å². The average Bonchev–Trinajstić information content (AvgIpc) is 2.83. The Balaban J connectivity index is 2.24. The van der Waals surface area contributed by atoms with Gasteiger partial charge in [0.05, 0.1) is 15.0 Å². The third-order valence-electron chi connectivity index (χ3n) is 2.30. The van der Waals surface area contributed by atoms with Crippen LogP contribution in [0, 0.1) is 9.39 Å². The van der Waals surface area contributed by atoms with Crippen LogP contribution in [0.2, 0.25) is 0 Å². The number of rotatable bonds is 3. The number of amides is 1. The molecule has 1 heterocycles. The Morgan fingerprint density at radius 3 is 3.06 bits per heavy atom. The number of aromatic nitrogens is 2. The Morgan fingerprint density at radius 1 is 1.56 bits per heavy atom. The van der Waals surface area contributed by atoms with E-state index in [4.69, 9.17) is 0 Å². The molecule has 0 bridgehead atoms. The monoisotopic (exact) mass is 377 g/mol. The van der Waals surface area contributed by atoms with Gasteiger partial charge in [-0.25, -0.2) is 4.39 Å². The van der Waals surface area contributed by atoms with E-state index in [1.807, 2.05) is 29.5 Å². The zero-order valence-electron chi connectivity index (χ0n) is 9.41. The summed E-state index contributed by atoms with van der Waals surface area (Å²) < 4.78 is 17.5. The molecule has 0 aliphatic rings. The Bertz CT molecular complexity index is 587. The summed E-state index contributed by atoms with van der Waals surface area (Å²) in [6.45, 7) is 1.90. The van der Waals surface area contributed by atoms with Gasteiger partial charge >= 0.3 is 0 Å². The van der Waals surface area contributed by atoms with Crippen molar-refractivity contribution < 1.29 is 9.18 Å². The van der Waals surface area contributed by atoms with Gasteiger partial charge in [0.2, 0.25) is 0 Å². The van der Waals surface area contributed by atoms with E-state index >= 15 is 0 Å². The smallest absolute Gasteiger partial charge is 0.269 e. The number of anilines is 1. The molecule has 0 saturated carbocycles. The number of halogens is 2. The van der Waals surface area contributed by atoms with Gasteiger partial charge in [-0.1, -0.05) is 17.5 Å². The summed E-state index contributed by atoms with van der Waals surface area (Å²) in [7, 11) is 0. The van der Waals surface area contributed by atoms with E-state index < -0.39 is 0 Å². The van der Waals surface area contributed by atoms with Crippen LogP contribution >= 0.6 is 34.1 Å². The van der Waals surface area contributed by atoms with E-state index in [1.165, 1.54) is 6.07 Å². The fourth-order valence-electron chi connectivity index (χ4n) is 1.39. The van der Waals surface area contributed by atoms with Crippen LogP contribution in [-0.2, 0) is 6.42 Å². The van der Waals surface area contributed by atoms with Gasteiger partial charge in [0.25, 0.3) is 5.91 Å². The second kappa shape index (κ2) is 5.70. The summed E-state index contributed by atoms with van der Waals surface area (Å²) in [4.78, 5) is 12.5. The summed E-state index contributed by atoms with van der Waals surface area (Å²) in [6.07, 6.45) is 0.638. The third-order valence-corrected chi connectivity index (χ3v) is 4.16. The van der Waals surface area contributed by atoms with Crippen molar-refractivity contribution in [3.63, 3.8) is 0 Å². The van der Waals surface area contributed by atoms with Crippen molar-refractivity contribution >= 4 is 45.7 Å². The molecule has 94 valence electrons. The number of benzene rings is 1. The molecule has 0 spiro atoms. The van der Waals surface area contributed by atoms with Gasteiger partial charge in [-0.3, -0.25) is 4.79 Å². The number of nitrogens with one attached hydrogen (secondary N) is 1. The maximum Gasteiger partial charge on any atom is 0.269 e. The molecule has 1 amide bonds. The molecule has 2 rings (SSSR count). The largest absolute Gasteiger partial charge is 0.320 e. The van der Waals surface area contributed by atoms with Crippen LogP contribution in [0.4, 0.5) is 10.1 Å². The fraction of sp³-hybridized carbons (Fsp3) is 0.182. The van der Waals surface area contributed by atoms with Gasteiger partial charge in [0.15, 0.2) is 0 Å². The molecule has 2 aromatic rings. The maximum absolute atomic E-state index is 13.3. The van der Waals surface area contributed by atoms with Crippen molar-refractivity contribution in [1.82, 2.24) is 9.59 Å². The van der Waals surface area contributed by atoms with E-state index in [9.17, 15) is 9.18 Å². The predicted octanol–water partition coefficient (Wildman–Crippen LogP) is 3.10. The lowest BCUT2D eigenvalue weighted by Crippen LogP contribution is -2.13. The summed E-state index contributed by atoms with van der Waals surface area (Å²) >= 11 is 2.90. The highest BCUT2D eigenvalue weighted by Gasteiger charge is 2.16. The Labute approximate surface area is 121 Å². The molecule has 1 N–H and O–H groups in total. The number of carbonyl (C=O) groups is 1. The van der Waals surface area contributed by atoms with Gasteiger partial charge in [-0.15, -0.1) is 5.10 Å².